The number of amides is 2. The molecule has 2 N–H and O–H groups in total. The van der Waals surface area contributed by atoms with E-state index in [9.17, 15) is 9.59 Å². The molecule has 45 heavy (non-hydrogen) atoms. The minimum atomic E-state index is -1.14. The number of halogens is 1. The summed E-state index contributed by atoms with van der Waals surface area (Å²) in [6, 6.07) is 22.0. The van der Waals surface area contributed by atoms with E-state index in [1.54, 1.807) is 54.5 Å². The lowest BCUT2D eigenvalue weighted by Crippen LogP contribution is -2.63. The molecule has 2 aliphatic rings. The summed E-state index contributed by atoms with van der Waals surface area (Å²) in [5, 5.41) is 4.29. The highest BCUT2D eigenvalue weighted by molar-refractivity contribution is 6.01. The largest absolute Gasteiger partial charge is 0.497 e. The van der Waals surface area contributed by atoms with Gasteiger partial charge < -0.3 is 24.8 Å². The van der Waals surface area contributed by atoms with E-state index in [4.69, 9.17) is 4.74 Å². The highest BCUT2D eigenvalue weighted by atomic mass is 19.1. The Morgan fingerprint density at radius 3 is 2.38 bits per heavy atom. The van der Waals surface area contributed by atoms with Crippen molar-refractivity contribution in [3.05, 3.63) is 95.4 Å². The van der Waals surface area contributed by atoms with Crippen LogP contribution in [0.25, 0.3) is 10.9 Å². The fourth-order valence-electron chi connectivity index (χ4n) is 7.50. The van der Waals surface area contributed by atoms with Crippen LogP contribution in [0.4, 0.5) is 10.1 Å². The van der Waals surface area contributed by atoms with Gasteiger partial charge in [0.15, 0.2) is 0 Å². The van der Waals surface area contributed by atoms with Crippen LogP contribution in [0.1, 0.15) is 55.8 Å². The number of aryl methyl sites for hydroxylation is 1. The van der Waals surface area contributed by atoms with Crippen LogP contribution >= 0.6 is 0 Å². The molecule has 2 atom stereocenters. The van der Waals surface area contributed by atoms with Gasteiger partial charge in [-0.1, -0.05) is 50.2 Å². The summed E-state index contributed by atoms with van der Waals surface area (Å²) in [6.07, 6.45) is 1.17. The Bertz CT molecular complexity index is 1700. The Labute approximate surface area is 264 Å². The third-order valence-electron chi connectivity index (χ3n) is 10.4. The van der Waals surface area contributed by atoms with Crippen molar-refractivity contribution in [3.8, 4) is 5.75 Å². The predicted octanol–water partition coefficient (Wildman–Crippen LogP) is 6.89. The van der Waals surface area contributed by atoms with Gasteiger partial charge in [0.05, 0.1) is 7.11 Å². The van der Waals surface area contributed by atoms with Gasteiger partial charge in [0.2, 0.25) is 11.8 Å². The average molecular weight is 611 g/mol. The fraction of sp³-hybridized carbons (Fsp3) is 0.405. The Kier molecular flexibility index (Phi) is 8.20. The number of likely N-dealkylation sites (tertiary alicyclic amines) is 1. The Morgan fingerprint density at radius 2 is 1.69 bits per heavy atom. The first-order valence-corrected chi connectivity index (χ1v) is 15.8. The van der Waals surface area contributed by atoms with Crippen LogP contribution < -0.4 is 10.1 Å². The number of hydrogen-bond donors (Lipinski definition) is 2. The van der Waals surface area contributed by atoms with Gasteiger partial charge in [-0.15, -0.1) is 0 Å². The molecular formula is C37H43FN4O3. The molecule has 1 aliphatic heterocycles. The highest BCUT2D eigenvalue weighted by Crippen LogP contribution is 2.67. The Balaban J connectivity index is 1.35. The molecule has 1 aliphatic carbocycles. The van der Waals surface area contributed by atoms with E-state index in [0.29, 0.717) is 42.9 Å². The average Bonchev–Trinajstić information content (AvgIpc) is 3.38. The van der Waals surface area contributed by atoms with Crippen LogP contribution in [-0.2, 0) is 16.1 Å². The van der Waals surface area contributed by atoms with Crippen molar-refractivity contribution in [1.82, 2.24) is 14.8 Å². The lowest BCUT2D eigenvalue weighted by atomic mass is 9.83. The lowest BCUT2D eigenvalue weighted by Gasteiger charge is -2.47. The summed E-state index contributed by atoms with van der Waals surface area (Å²) in [4.78, 5) is 36.5. The molecule has 0 bridgehead atoms. The molecule has 2 unspecified atom stereocenters. The molecule has 6 rings (SSSR count). The minimum Gasteiger partial charge on any atom is -0.497 e. The van der Waals surface area contributed by atoms with Crippen molar-refractivity contribution in [3.63, 3.8) is 0 Å². The summed E-state index contributed by atoms with van der Waals surface area (Å²) in [5.74, 6) is 0.210. The van der Waals surface area contributed by atoms with Crippen molar-refractivity contribution in [2.24, 2.45) is 11.3 Å². The number of ether oxygens (including phenoxy) is 1. The zero-order valence-electron chi connectivity index (χ0n) is 26.8. The molecule has 7 nitrogen and oxygen atoms in total. The number of fused-ring (bicyclic) bond motifs is 1. The van der Waals surface area contributed by atoms with Gasteiger partial charge in [-0.05, 0) is 86.0 Å². The monoisotopic (exact) mass is 610 g/mol. The van der Waals surface area contributed by atoms with Crippen molar-refractivity contribution < 1.29 is 18.7 Å². The van der Waals surface area contributed by atoms with Crippen LogP contribution in [0, 0.1) is 24.1 Å². The number of carbonyl (C=O) groups is 2. The maximum absolute atomic E-state index is 15.2. The number of H-pyrrole nitrogens is 1. The second-order valence-electron chi connectivity index (χ2n) is 13.4. The van der Waals surface area contributed by atoms with Gasteiger partial charge in [-0.3, -0.25) is 9.59 Å². The zero-order chi connectivity index (χ0) is 31.9. The molecule has 1 saturated carbocycles. The second kappa shape index (κ2) is 12.0. The zero-order valence-corrected chi connectivity index (χ0v) is 26.8. The second-order valence-corrected chi connectivity index (χ2v) is 13.4. The summed E-state index contributed by atoms with van der Waals surface area (Å²) < 4.78 is 20.5. The number of rotatable bonds is 9. The number of methoxy groups -OCH3 is 1. The first-order chi connectivity index (χ1) is 21.5. The minimum absolute atomic E-state index is 0.0230. The molecule has 1 aromatic heterocycles. The molecule has 4 aromatic rings. The van der Waals surface area contributed by atoms with E-state index in [1.165, 1.54) is 17.0 Å². The van der Waals surface area contributed by atoms with Gasteiger partial charge in [-0.2, -0.15) is 0 Å². The molecule has 236 valence electrons. The van der Waals surface area contributed by atoms with E-state index in [0.717, 1.165) is 11.2 Å². The number of benzene rings is 3. The van der Waals surface area contributed by atoms with Gasteiger partial charge in [0, 0.05) is 53.9 Å². The van der Waals surface area contributed by atoms with Crippen LogP contribution in [0.15, 0.2) is 72.8 Å². The van der Waals surface area contributed by atoms with E-state index < -0.39 is 5.54 Å². The van der Waals surface area contributed by atoms with Gasteiger partial charge in [-0.25, -0.2) is 4.39 Å². The number of anilines is 1. The normalized spacial score (nSPS) is 20.5. The number of aromatic nitrogens is 1. The lowest BCUT2D eigenvalue weighted by molar-refractivity contribution is -0.150. The summed E-state index contributed by atoms with van der Waals surface area (Å²) in [5.41, 5.74) is 3.26. The number of nitrogens with zero attached hydrogens (tertiary/aromatic N) is 2. The molecule has 3 aromatic carbocycles. The maximum atomic E-state index is 15.2. The van der Waals surface area contributed by atoms with Crippen LogP contribution in [0.2, 0.25) is 0 Å². The molecule has 1 saturated heterocycles. The van der Waals surface area contributed by atoms with Crippen molar-refractivity contribution in [2.45, 2.75) is 58.0 Å². The molecule has 2 heterocycles. The van der Waals surface area contributed by atoms with E-state index in [1.807, 2.05) is 13.1 Å². The first kappa shape index (κ1) is 30.8. The van der Waals surface area contributed by atoms with Crippen LogP contribution in [0.3, 0.4) is 0 Å². The van der Waals surface area contributed by atoms with Crippen molar-refractivity contribution in [2.75, 3.05) is 32.6 Å². The number of nitrogens with one attached hydrogen (secondary N) is 2. The number of carbonyl (C=O) groups excluding carboxylic acids is 2. The third kappa shape index (κ3) is 5.72. The van der Waals surface area contributed by atoms with Gasteiger partial charge in [0.25, 0.3) is 0 Å². The molecule has 2 fully saturated rings. The number of hydrogen-bond acceptors (Lipinski definition) is 4. The van der Waals surface area contributed by atoms with Gasteiger partial charge >= 0.3 is 0 Å². The molecule has 0 spiro atoms. The SMILES string of the molecule is COc1ccc(NC(=O)C2(N(Cc3ccccc3F)C(=O)CC3C(c4c(C)[nH]c5ccccc45)C3(C)C)CCN(C)CC2)cc1. The van der Waals surface area contributed by atoms with E-state index in [-0.39, 0.29) is 47.8 Å². The molecule has 0 radical (unpaired) electrons. The number of aromatic amines is 1. The summed E-state index contributed by atoms with van der Waals surface area (Å²) >= 11 is 0. The topological polar surface area (TPSA) is 77.7 Å². The van der Waals surface area contributed by atoms with Crippen molar-refractivity contribution >= 4 is 28.4 Å². The smallest absolute Gasteiger partial charge is 0.250 e. The fourth-order valence-corrected chi connectivity index (χ4v) is 7.50. The van der Waals surface area contributed by atoms with Crippen LogP contribution in [-0.4, -0.2) is 59.4 Å². The first-order valence-electron chi connectivity index (χ1n) is 15.8. The van der Waals surface area contributed by atoms with E-state index in [2.05, 4.69) is 54.2 Å². The highest BCUT2D eigenvalue weighted by Gasteiger charge is 2.60. The van der Waals surface area contributed by atoms with Gasteiger partial charge in [0.1, 0.15) is 17.1 Å². The van der Waals surface area contributed by atoms with Crippen molar-refractivity contribution in [1.29, 1.82) is 0 Å². The number of para-hydroxylation sites is 1. The Morgan fingerprint density at radius 1 is 1.02 bits per heavy atom. The molecule has 2 amide bonds. The summed E-state index contributed by atoms with van der Waals surface area (Å²) in [7, 11) is 3.62. The predicted molar refractivity (Wildman–Crippen MR) is 176 cm³/mol. The molecule has 8 heteroatoms. The Hall–Kier alpha value is -4.17. The summed E-state index contributed by atoms with van der Waals surface area (Å²) in [6.45, 7) is 7.85. The standard InChI is InChI=1S/C37H43FN4O3/c1-24-33(28-11-7-9-13-31(28)39-24)34-29(36(34,2)3)22-32(43)42(23-25-10-6-8-12-30(25)38)37(18-20-41(4)21-19-37)35(44)40-26-14-16-27(45-5)17-15-26/h6-17,29,34,39H,18-23H2,1-5H3,(H,40,44). The quantitative estimate of drug-likeness (QED) is 0.217. The molecular weight excluding hydrogens is 567 g/mol. The van der Waals surface area contributed by atoms with E-state index >= 15 is 4.39 Å². The third-order valence-corrected chi connectivity index (χ3v) is 10.4. The van der Waals surface area contributed by atoms with Crippen LogP contribution in [0.5, 0.6) is 5.75 Å². The number of piperidine rings is 1. The maximum Gasteiger partial charge on any atom is 0.250 e.